The van der Waals surface area contributed by atoms with Crippen LogP contribution in [0.15, 0.2) is 36.4 Å². The first-order chi connectivity index (χ1) is 12.4. The van der Waals surface area contributed by atoms with E-state index >= 15 is 0 Å². The molecule has 1 N–H and O–H groups in total. The summed E-state index contributed by atoms with van der Waals surface area (Å²) >= 11 is 0. The number of hydrogen-bond donors (Lipinski definition) is 1. The third-order valence-corrected chi connectivity index (χ3v) is 4.13. The maximum absolute atomic E-state index is 12.4. The van der Waals surface area contributed by atoms with Crippen molar-refractivity contribution in [3.8, 4) is 11.5 Å². The molecular weight excluding hydrogens is 326 g/mol. The lowest BCUT2D eigenvalue weighted by Gasteiger charge is -2.19. The first-order valence-corrected chi connectivity index (χ1v) is 9.11. The third kappa shape index (κ3) is 5.80. The number of carbonyl (C=O) groups excluding carboxylic acids is 1. The molecule has 2 rings (SSSR count). The third-order valence-electron chi connectivity index (χ3n) is 4.13. The summed E-state index contributed by atoms with van der Waals surface area (Å²) in [5.41, 5.74) is 4.54. The molecule has 0 aromatic heterocycles. The average molecular weight is 355 g/mol. The number of ether oxygens (including phenoxy) is 2. The number of carbonyl (C=O) groups is 1. The zero-order valence-corrected chi connectivity index (χ0v) is 16.4. The van der Waals surface area contributed by atoms with E-state index in [2.05, 4.69) is 17.4 Å². The number of amides is 1. The molecule has 0 aliphatic rings. The van der Waals surface area contributed by atoms with Crippen molar-refractivity contribution in [2.24, 2.45) is 0 Å². The van der Waals surface area contributed by atoms with E-state index in [9.17, 15) is 4.79 Å². The number of aryl methyl sites for hydroxylation is 4. The molecule has 0 heterocycles. The lowest BCUT2D eigenvalue weighted by molar-refractivity contribution is -0.128. The highest BCUT2D eigenvalue weighted by Gasteiger charge is 2.18. The summed E-state index contributed by atoms with van der Waals surface area (Å²) in [6.07, 6.45) is 0.106. The number of benzene rings is 2. The predicted octanol–water partition coefficient (Wildman–Crippen LogP) is 4.27. The zero-order valence-electron chi connectivity index (χ0n) is 16.4. The molecule has 0 aliphatic carbocycles. The van der Waals surface area contributed by atoms with Gasteiger partial charge in [0.2, 0.25) is 0 Å². The van der Waals surface area contributed by atoms with Gasteiger partial charge in [-0.1, -0.05) is 30.7 Å². The summed E-state index contributed by atoms with van der Waals surface area (Å²) in [7, 11) is 0. The van der Waals surface area contributed by atoms with Crippen molar-refractivity contribution in [1.82, 2.24) is 5.32 Å². The van der Waals surface area contributed by atoms with E-state index in [1.807, 2.05) is 58.9 Å². The van der Waals surface area contributed by atoms with Gasteiger partial charge in [0.15, 0.2) is 6.10 Å². The van der Waals surface area contributed by atoms with Crippen LogP contribution in [-0.4, -0.2) is 25.2 Å². The molecule has 140 valence electrons. The van der Waals surface area contributed by atoms with Crippen LogP contribution in [0.1, 0.15) is 35.6 Å². The molecule has 1 atom stereocenters. The van der Waals surface area contributed by atoms with E-state index in [0.717, 1.165) is 28.2 Å². The fourth-order valence-corrected chi connectivity index (χ4v) is 2.88. The van der Waals surface area contributed by atoms with Crippen molar-refractivity contribution in [2.75, 3.05) is 13.2 Å². The Kier molecular flexibility index (Phi) is 7.07. The van der Waals surface area contributed by atoms with E-state index in [1.165, 1.54) is 5.56 Å². The summed E-state index contributed by atoms with van der Waals surface area (Å²) in [6.45, 7) is 10.9. The van der Waals surface area contributed by atoms with Crippen LogP contribution in [0.4, 0.5) is 0 Å². The first-order valence-electron chi connectivity index (χ1n) is 9.11. The second-order valence-corrected chi connectivity index (χ2v) is 6.75. The smallest absolute Gasteiger partial charge is 0.261 e. The summed E-state index contributed by atoms with van der Waals surface area (Å²) < 4.78 is 11.6. The van der Waals surface area contributed by atoms with Gasteiger partial charge in [0, 0.05) is 0 Å². The summed E-state index contributed by atoms with van der Waals surface area (Å²) in [4.78, 5) is 12.4. The molecule has 26 heavy (non-hydrogen) atoms. The highest BCUT2D eigenvalue weighted by molar-refractivity contribution is 5.81. The Morgan fingerprint density at radius 1 is 1.00 bits per heavy atom. The van der Waals surface area contributed by atoms with Crippen LogP contribution in [0.2, 0.25) is 0 Å². The topological polar surface area (TPSA) is 47.6 Å². The SMILES string of the molecule is CC[C@@H](Oc1ccc(C)cc1C)C(=O)NCCOc1cc(C)cc(C)c1. The summed E-state index contributed by atoms with van der Waals surface area (Å²) in [5, 5.41) is 2.90. The van der Waals surface area contributed by atoms with Crippen molar-refractivity contribution < 1.29 is 14.3 Å². The Labute approximate surface area is 156 Å². The quantitative estimate of drug-likeness (QED) is 0.719. The van der Waals surface area contributed by atoms with Crippen molar-refractivity contribution in [3.05, 3.63) is 58.7 Å². The molecule has 0 unspecified atom stereocenters. The largest absolute Gasteiger partial charge is 0.492 e. The molecule has 0 spiro atoms. The molecule has 0 aliphatic heterocycles. The Bertz CT molecular complexity index is 735. The fourth-order valence-electron chi connectivity index (χ4n) is 2.88. The number of nitrogens with one attached hydrogen (secondary N) is 1. The van der Waals surface area contributed by atoms with E-state index in [1.54, 1.807) is 0 Å². The van der Waals surface area contributed by atoms with E-state index < -0.39 is 6.10 Å². The van der Waals surface area contributed by atoms with Gasteiger partial charge in [0.05, 0.1) is 6.54 Å². The van der Waals surface area contributed by atoms with E-state index in [4.69, 9.17) is 9.47 Å². The van der Waals surface area contributed by atoms with Crippen molar-refractivity contribution in [2.45, 2.75) is 47.1 Å². The van der Waals surface area contributed by atoms with Gasteiger partial charge >= 0.3 is 0 Å². The molecule has 0 saturated carbocycles. The second kappa shape index (κ2) is 9.27. The van der Waals surface area contributed by atoms with Crippen molar-refractivity contribution in [1.29, 1.82) is 0 Å². The van der Waals surface area contributed by atoms with Crippen molar-refractivity contribution in [3.63, 3.8) is 0 Å². The molecule has 4 heteroatoms. The molecule has 2 aromatic carbocycles. The summed E-state index contributed by atoms with van der Waals surface area (Å²) in [5.74, 6) is 1.47. The van der Waals surface area contributed by atoms with E-state index in [0.29, 0.717) is 19.6 Å². The van der Waals surface area contributed by atoms with Crippen LogP contribution < -0.4 is 14.8 Å². The molecule has 4 nitrogen and oxygen atoms in total. The molecule has 2 aromatic rings. The van der Waals surface area contributed by atoms with Gasteiger partial charge in [-0.2, -0.15) is 0 Å². The Morgan fingerprint density at radius 2 is 1.69 bits per heavy atom. The first kappa shape index (κ1) is 19.8. The fraction of sp³-hybridized carbons (Fsp3) is 0.409. The molecule has 0 bridgehead atoms. The lowest BCUT2D eigenvalue weighted by atomic mass is 10.1. The second-order valence-electron chi connectivity index (χ2n) is 6.75. The van der Waals surface area contributed by atoms with Crippen LogP contribution in [0.25, 0.3) is 0 Å². The van der Waals surface area contributed by atoms with Crippen LogP contribution in [0, 0.1) is 27.7 Å². The van der Waals surface area contributed by atoms with Gasteiger partial charge in [-0.3, -0.25) is 4.79 Å². The van der Waals surface area contributed by atoms with Crippen LogP contribution in [0.3, 0.4) is 0 Å². The molecule has 1 amide bonds. The Hall–Kier alpha value is -2.49. The zero-order chi connectivity index (χ0) is 19.1. The lowest BCUT2D eigenvalue weighted by Crippen LogP contribution is -2.39. The van der Waals surface area contributed by atoms with Gasteiger partial charge in [-0.05, 0) is 69.0 Å². The van der Waals surface area contributed by atoms with Gasteiger partial charge in [-0.25, -0.2) is 0 Å². The molecular formula is C22H29NO3. The van der Waals surface area contributed by atoms with Crippen LogP contribution >= 0.6 is 0 Å². The predicted molar refractivity (Wildman–Crippen MR) is 105 cm³/mol. The molecule has 0 radical (unpaired) electrons. The minimum atomic E-state index is -0.502. The highest BCUT2D eigenvalue weighted by Crippen LogP contribution is 2.21. The maximum atomic E-state index is 12.4. The van der Waals surface area contributed by atoms with Gasteiger partial charge in [-0.15, -0.1) is 0 Å². The molecule has 0 fully saturated rings. The number of hydrogen-bond acceptors (Lipinski definition) is 3. The number of rotatable bonds is 8. The van der Waals surface area contributed by atoms with Crippen LogP contribution in [-0.2, 0) is 4.79 Å². The highest BCUT2D eigenvalue weighted by atomic mass is 16.5. The Balaban J connectivity index is 1.83. The van der Waals surface area contributed by atoms with Crippen molar-refractivity contribution >= 4 is 5.91 Å². The van der Waals surface area contributed by atoms with Crippen LogP contribution in [0.5, 0.6) is 11.5 Å². The van der Waals surface area contributed by atoms with E-state index in [-0.39, 0.29) is 5.91 Å². The Morgan fingerprint density at radius 3 is 2.31 bits per heavy atom. The molecule has 0 saturated heterocycles. The minimum Gasteiger partial charge on any atom is -0.492 e. The minimum absolute atomic E-state index is 0.114. The summed E-state index contributed by atoms with van der Waals surface area (Å²) in [6, 6.07) is 12.1. The monoisotopic (exact) mass is 355 g/mol. The standard InChI is InChI=1S/C22H29NO3/c1-6-20(26-21-8-7-15(2)12-18(21)5)22(24)23-9-10-25-19-13-16(3)11-17(4)14-19/h7-8,11-14,20H,6,9-10H2,1-5H3,(H,23,24)/t20-/m1/s1. The van der Waals surface area contributed by atoms with Gasteiger partial charge in [0.25, 0.3) is 5.91 Å². The normalized spacial score (nSPS) is 11.7. The van der Waals surface area contributed by atoms with Gasteiger partial charge < -0.3 is 14.8 Å². The van der Waals surface area contributed by atoms with Gasteiger partial charge in [0.1, 0.15) is 18.1 Å². The average Bonchev–Trinajstić information content (AvgIpc) is 2.57. The maximum Gasteiger partial charge on any atom is 0.261 e.